The third-order valence-electron chi connectivity index (χ3n) is 1.25. The van der Waals surface area contributed by atoms with E-state index in [0.717, 1.165) is 12.2 Å². The maximum absolute atomic E-state index is 10.3. The minimum atomic E-state index is -0.514. The highest BCUT2D eigenvalue weighted by Crippen LogP contribution is 1.94. The van der Waals surface area contributed by atoms with Gasteiger partial charge in [0, 0.05) is 12.2 Å². The minimum Gasteiger partial charge on any atom is -0.424 e. The molecule has 0 atom stereocenters. The van der Waals surface area contributed by atoms with Crippen LogP contribution in [0, 0.1) is 0 Å². The number of carbonyl (C=O) groups excluding carboxylic acids is 2. The van der Waals surface area contributed by atoms with Gasteiger partial charge in [-0.2, -0.15) is 0 Å². The Hall–Kier alpha value is -2.62. The molecule has 0 amide bonds. The topological polar surface area (TPSA) is 52.6 Å². The molecule has 4 heteroatoms. The number of rotatable bonds is 6. The summed E-state index contributed by atoms with van der Waals surface area (Å²) in [6.07, 6.45) is 4.83. The van der Waals surface area contributed by atoms with E-state index in [0.29, 0.717) is 0 Å². The van der Waals surface area contributed by atoms with Crippen molar-refractivity contribution in [2.45, 2.75) is 0 Å². The van der Waals surface area contributed by atoms with Gasteiger partial charge in [0.25, 0.3) is 0 Å². The highest BCUT2D eigenvalue weighted by atomic mass is 16.5. The van der Waals surface area contributed by atoms with Gasteiger partial charge in [0.05, 0.1) is 0 Å². The fourth-order valence-corrected chi connectivity index (χ4v) is 0.425. The molecule has 0 rings (SSSR count). The average Bonchev–Trinajstić information content (AvgIpc) is 2.38. The first-order chi connectivity index (χ1) is 8.40. The first kappa shape index (κ1) is 17.8. The molecule has 18 heavy (non-hydrogen) atoms. The van der Waals surface area contributed by atoms with E-state index in [2.05, 4.69) is 48.9 Å². The quantitative estimate of drug-likeness (QED) is 0.314. The zero-order valence-electron chi connectivity index (χ0n) is 10.2. The summed E-state index contributed by atoms with van der Waals surface area (Å²) in [6.45, 7) is 19.8. The van der Waals surface area contributed by atoms with Crippen molar-refractivity contribution in [1.29, 1.82) is 0 Å². The SMILES string of the molecule is C=CC(=C)OC(=O)C=C.C=CC(=C)OC(=O)C=C. The Morgan fingerprint density at radius 2 is 0.944 bits per heavy atom. The van der Waals surface area contributed by atoms with Crippen LogP contribution in [0.3, 0.4) is 0 Å². The van der Waals surface area contributed by atoms with Crippen LogP contribution in [0.4, 0.5) is 0 Å². The van der Waals surface area contributed by atoms with Crippen molar-refractivity contribution in [1.82, 2.24) is 0 Å². The van der Waals surface area contributed by atoms with Crippen molar-refractivity contribution >= 4 is 11.9 Å². The summed E-state index contributed by atoms with van der Waals surface area (Å²) in [5.74, 6) is -0.556. The second kappa shape index (κ2) is 10.9. The molecule has 0 aromatic rings. The fourth-order valence-electron chi connectivity index (χ4n) is 0.425. The van der Waals surface area contributed by atoms with Gasteiger partial charge in [-0.15, -0.1) is 0 Å². The summed E-state index contributed by atoms with van der Waals surface area (Å²) < 4.78 is 8.96. The molecule has 0 saturated heterocycles. The normalized spacial score (nSPS) is 7.56. The molecule has 0 spiro atoms. The largest absolute Gasteiger partial charge is 0.424 e. The molecule has 0 heterocycles. The molecule has 0 aromatic heterocycles. The highest BCUT2D eigenvalue weighted by molar-refractivity contribution is 5.82. The predicted octanol–water partition coefficient (Wildman–Crippen LogP) is 2.83. The van der Waals surface area contributed by atoms with Crippen LogP contribution < -0.4 is 0 Å². The summed E-state index contributed by atoms with van der Waals surface area (Å²) in [7, 11) is 0. The molecule has 0 bridgehead atoms. The monoisotopic (exact) mass is 248 g/mol. The maximum atomic E-state index is 10.3. The van der Waals surface area contributed by atoms with Crippen molar-refractivity contribution in [3.8, 4) is 0 Å². The van der Waals surface area contributed by atoms with E-state index in [9.17, 15) is 9.59 Å². The first-order valence-corrected chi connectivity index (χ1v) is 4.72. The lowest BCUT2D eigenvalue weighted by atomic mass is 10.5. The summed E-state index contributed by atoms with van der Waals surface area (Å²) in [5.41, 5.74) is 0. The highest BCUT2D eigenvalue weighted by Gasteiger charge is 1.94. The van der Waals surface area contributed by atoms with Crippen molar-refractivity contribution in [3.63, 3.8) is 0 Å². The van der Waals surface area contributed by atoms with Crippen LogP contribution >= 0.6 is 0 Å². The Balaban J connectivity index is 0. The minimum absolute atomic E-state index is 0.236. The molecule has 0 aliphatic heterocycles. The van der Waals surface area contributed by atoms with Crippen LogP contribution in [0.1, 0.15) is 0 Å². The molecule has 96 valence electrons. The number of hydrogen-bond donors (Lipinski definition) is 0. The molecule has 0 aliphatic carbocycles. The molecular weight excluding hydrogens is 232 g/mol. The van der Waals surface area contributed by atoms with Gasteiger partial charge in [-0.1, -0.05) is 39.5 Å². The third-order valence-corrected chi connectivity index (χ3v) is 1.25. The zero-order valence-corrected chi connectivity index (χ0v) is 10.2. The third kappa shape index (κ3) is 11.5. The Bertz CT molecular complexity index is 315. The predicted molar refractivity (Wildman–Crippen MR) is 71.3 cm³/mol. The van der Waals surface area contributed by atoms with Gasteiger partial charge in [-0.25, -0.2) is 9.59 Å². The Morgan fingerprint density at radius 3 is 1.11 bits per heavy atom. The Labute approximate surface area is 107 Å². The van der Waals surface area contributed by atoms with Crippen molar-refractivity contribution in [2.75, 3.05) is 0 Å². The van der Waals surface area contributed by atoms with Crippen LogP contribution in [0.25, 0.3) is 0 Å². The van der Waals surface area contributed by atoms with Crippen molar-refractivity contribution in [2.24, 2.45) is 0 Å². The molecule has 0 aromatic carbocycles. The standard InChI is InChI=1S/2C7H8O2/c2*1-4-6(3)9-7(8)5-2/h2*4-5H,1-3H2. The van der Waals surface area contributed by atoms with Gasteiger partial charge in [-0.3, -0.25) is 0 Å². The van der Waals surface area contributed by atoms with Crippen LogP contribution in [0.2, 0.25) is 0 Å². The van der Waals surface area contributed by atoms with E-state index in [4.69, 9.17) is 0 Å². The van der Waals surface area contributed by atoms with Crippen LogP contribution in [-0.2, 0) is 19.1 Å². The number of allylic oxidation sites excluding steroid dienone is 2. The van der Waals surface area contributed by atoms with E-state index >= 15 is 0 Å². The van der Waals surface area contributed by atoms with Gasteiger partial charge >= 0.3 is 11.9 Å². The zero-order chi connectivity index (χ0) is 14.6. The second-order valence-electron chi connectivity index (χ2n) is 2.59. The number of hydrogen-bond acceptors (Lipinski definition) is 4. The van der Waals surface area contributed by atoms with Gasteiger partial charge in [0.1, 0.15) is 11.5 Å². The lowest BCUT2D eigenvalue weighted by molar-refractivity contribution is -0.134. The second-order valence-corrected chi connectivity index (χ2v) is 2.59. The molecule has 0 radical (unpaired) electrons. The van der Waals surface area contributed by atoms with Crippen molar-refractivity contribution in [3.05, 3.63) is 75.3 Å². The number of esters is 2. The molecule has 0 N–H and O–H groups in total. The van der Waals surface area contributed by atoms with Gasteiger partial charge in [0.2, 0.25) is 0 Å². The fraction of sp³-hybridized carbons (Fsp3) is 0. The molecular formula is C14H16O4. The summed E-state index contributed by atoms with van der Waals surface area (Å²) in [4.78, 5) is 20.7. The smallest absolute Gasteiger partial charge is 0.335 e. The lowest BCUT2D eigenvalue weighted by Crippen LogP contribution is -1.96. The van der Waals surface area contributed by atoms with E-state index in [1.165, 1.54) is 12.2 Å². The average molecular weight is 248 g/mol. The summed E-state index contributed by atoms with van der Waals surface area (Å²) >= 11 is 0. The summed E-state index contributed by atoms with van der Waals surface area (Å²) in [5, 5.41) is 0. The first-order valence-electron chi connectivity index (χ1n) is 4.72. The molecule has 0 aliphatic rings. The van der Waals surface area contributed by atoms with E-state index in [-0.39, 0.29) is 11.5 Å². The number of ether oxygens (including phenoxy) is 2. The van der Waals surface area contributed by atoms with Crippen LogP contribution in [0.15, 0.2) is 75.3 Å². The Kier molecular flexibility index (Phi) is 10.7. The van der Waals surface area contributed by atoms with Crippen LogP contribution in [-0.4, -0.2) is 11.9 Å². The van der Waals surface area contributed by atoms with E-state index < -0.39 is 11.9 Å². The molecule has 0 unspecified atom stereocenters. The van der Waals surface area contributed by atoms with Gasteiger partial charge < -0.3 is 9.47 Å². The van der Waals surface area contributed by atoms with Crippen molar-refractivity contribution < 1.29 is 19.1 Å². The van der Waals surface area contributed by atoms with Crippen LogP contribution in [0.5, 0.6) is 0 Å². The van der Waals surface area contributed by atoms with E-state index in [1.54, 1.807) is 0 Å². The molecule has 4 nitrogen and oxygen atoms in total. The maximum Gasteiger partial charge on any atom is 0.335 e. The Morgan fingerprint density at radius 1 is 0.667 bits per heavy atom. The molecule has 0 saturated carbocycles. The molecule has 0 fully saturated rings. The van der Waals surface area contributed by atoms with Gasteiger partial charge in [-0.05, 0) is 12.2 Å². The van der Waals surface area contributed by atoms with Gasteiger partial charge in [0.15, 0.2) is 0 Å². The van der Waals surface area contributed by atoms with E-state index in [1.807, 2.05) is 0 Å². The number of carbonyl (C=O) groups is 2. The summed E-state index contributed by atoms with van der Waals surface area (Å²) in [6, 6.07) is 0. The lowest BCUT2D eigenvalue weighted by Gasteiger charge is -1.96.